The van der Waals surface area contributed by atoms with E-state index in [0.29, 0.717) is 11.3 Å². The van der Waals surface area contributed by atoms with Gasteiger partial charge in [-0.1, -0.05) is 24.3 Å². The Morgan fingerprint density at radius 1 is 1.04 bits per heavy atom. The molecule has 4 aromatic rings. The van der Waals surface area contributed by atoms with Gasteiger partial charge in [0.25, 0.3) is 0 Å². The van der Waals surface area contributed by atoms with E-state index in [1.807, 2.05) is 36.4 Å². The molecule has 2 N–H and O–H groups in total. The highest BCUT2D eigenvalue weighted by molar-refractivity contribution is 5.93. The van der Waals surface area contributed by atoms with E-state index in [1.165, 1.54) is 0 Å². The van der Waals surface area contributed by atoms with Gasteiger partial charge in [-0.05, 0) is 30.3 Å². The van der Waals surface area contributed by atoms with Crippen molar-refractivity contribution in [2.24, 2.45) is 0 Å². The molecule has 5 nitrogen and oxygen atoms in total. The van der Waals surface area contributed by atoms with Gasteiger partial charge in [-0.15, -0.1) is 0 Å². The third-order valence-electron chi connectivity index (χ3n) is 3.69. The summed E-state index contributed by atoms with van der Waals surface area (Å²) in [6, 6.07) is 16.4. The van der Waals surface area contributed by atoms with E-state index in [-0.39, 0.29) is 5.56 Å². The van der Waals surface area contributed by atoms with Gasteiger partial charge in [-0.3, -0.25) is 0 Å². The largest absolute Gasteiger partial charge is 0.478 e. The standard InChI is InChI=1S/C18H12N2O3/c21-18(22)13-7-8-14-15(10-13)20-17(19-14)12-5-3-11(4-6-12)16-2-1-9-23-16/h1-10H,(H,19,20)(H,21,22). The first-order valence-corrected chi connectivity index (χ1v) is 7.08. The van der Waals surface area contributed by atoms with Crippen LogP contribution in [-0.2, 0) is 0 Å². The summed E-state index contributed by atoms with van der Waals surface area (Å²) in [5.74, 6) is 0.562. The highest BCUT2D eigenvalue weighted by Crippen LogP contribution is 2.25. The molecule has 0 radical (unpaired) electrons. The second-order valence-electron chi connectivity index (χ2n) is 5.18. The number of hydrogen-bond acceptors (Lipinski definition) is 3. The molecule has 5 heteroatoms. The first-order chi connectivity index (χ1) is 11.2. The molecular formula is C18H12N2O3. The van der Waals surface area contributed by atoms with Crippen LogP contribution in [0.5, 0.6) is 0 Å². The Morgan fingerprint density at radius 2 is 1.83 bits per heavy atom. The lowest BCUT2D eigenvalue weighted by atomic mass is 10.1. The molecule has 2 heterocycles. The summed E-state index contributed by atoms with van der Waals surface area (Å²) < 4.78 is 5.37. The Balaban J connectivity index is 1.72. The molecule has 0 spiro atoms. The van der Waals surface area contributed by atoms with E-state index in [1.54, 1.807) is 24.5 Å². The van der Waals surface area contributed by atoms with Crippen molar-refractivity contribution in [2.45, 2.75) is 0 Å². The third-order valence-corrected chi connectivity index (χ3v) is 3.69. The topological polar surface area (TPSA) is 79.1 Å². The number of fused-ring (bicyclic) bond motifs is 1. The fourth-order valence-electron chi connectivity index (χ4n) is 2.51. The van der Waals surface area contributed by atoms with Crippen molar-refractivity contribution in [1.29, 1.82) is 0 Å². The number of rotatable bonds is 3. The lowest BCUT2D eigenvalue weighted by molar-refractivity contribution is 0.0697. The molecular weight excluding hydrogens is 292 g/mol. The van der Waals surface area contributed by atoms with E-state index >= 15 is 0 Å². The first kappa shape index (κ1) is 13.3. The minimum atomic E-state index is -0.953. The number of aromatic amines is 1. The zero-order valence-electron chi connectivity index (χ0n) is 12.0. The molecule has 0 aliphatic carbocycles. The van der Waals surface area contributed by atoms with Crippen LogP contribution in [0, 0.1) is 0 Å². The molecule has 112 valence electrons. The summed E-state index contributed by atoms with van der Waals surface area (Å²) in [5, 5.41) is 9.05. The van der Waals surface area contributed by atoms with Crippen molar-refractivity contribution in [3.05, 3.63) is 66.4 Å². The molecule has 4 rings (SSSR count). The van der Waals surface area contributed by atoms with Gasteiger partial charge in [0.05, 0.1) is 22.9 Å². The lowest BCUT2D eigenvalue weighted by Gasteiger charge is -1.99. The maximum atomic E-state index is 11.0. The number of carboxylic acids is 1. The molecule has 0 saturated carbocycles. The third kappa shape index (κ3) is 2.38. The van der Waals surface area contributed by atoms with Crippen LogP contribution < -0.4 is 0 Å². The fourth-order valence-corrected chi connectivity index (χ4v) is 2.51. The van der Waals surface area contributed by atoms with Gasteiger partial charge < -0.3 is 14.5 Å². The lowest BCUT2D eigenvalue weighted by Crippen LogP contribution is -1.94. The molecule has 0 aliphatic rings. The van der Waals surface area contributed by atoms with Crippen molar-refractivity contribution in [3.63, 3.8) is 0 Å². The van der Waals surface area contributed by atoms with Crippen LogP contribution in [0.25, 0.3) is 33.7 Å². The van der Waals surface area contributed by atoms with E-state index in [2.05, 4.69) is 9.97 Å². The second kappa shape index (κ2) is 5.14. The molecule has 0 atom stereocenters. The van der Waals surface area contributed by atoms with E-state index in [0.717, 1.165) is 22.4 Å². The minimum absolute atomic E-state index is 0.237. The number of carbonyl (C=O) groups is 1. The van der Waals surface area contributed by atoms with Crippen LogP contribution in [0.2, 0.25) is 0 Å². The highest BCUT2D eigenvalue weighted by Gasteiger charge is 2.09. The summed E-state index contributed by atoms with van der Waals surface area (Å²) in [6.07, 6.45) is 1.64. The fraction of sp³-hybridized carbons (Fsp3) is 0. The number of H-pyrrole nitrogens is 1. The quantitative estimate of drug-likeness (QED) is 0.595. The number of carboxylic acid groups (broad SMARTS) is 1. The average molecular weight is 304 g/mol. The normalized spacial score (nSPS) is 11.0. The molecule has 23 heavy (non-hydrogen) atoms. The first-order valence-electron chi connectivity index (χ1n) is 7.08. The van der Waals surface area contributed by atoms with Crippen LogP contribution in [-0.4, -0.2) is 21.0 Å². The van der Waals surface area contributed by atoms with Crippen molar-refractivity contribution in [3.8, 4) is 22.7 Å². The Hall–Kier alpha value is -3.34. The Kier molecular flexibility index (Phi) is 2.98. The molecule has 0 aliphatic heterocycles. The zero-order chi connectivity index (χ0) is 15.8. The number of aromatic nitrogens is 2. The van der Waals surface area contributed by atoms with E-state index < -0.39 is 5.97 Å². The monoisotopic (exact) mass is 304 g/mol. The van der Waals surface area contributed by atoms with E-state index in [4.69, 9.17) is 9.52 Å². The number of imidazole rings is 1. The molecule has 0 amide bonds. The molecule has 0 unspecified atom stereocenters. The number of aromatic carboxylic acids is 1. The van der Waals surface area contributed by atoms with Crippen LogP contribution >= 0.6 is 0 Å². The van der Waals surface area contributed by atoms with Crippen molar-refractivity contribution >= 4 is 17.0 Å². The van der Waals surface area contributed by atoms with Crippen LogP contribution in [0.1, 0.15) is 10.4 Å². The predicted molar refractivity (Wildman–Crippen MR) is 86.2 cm³/mol. The van der Waals surface area contributed by atoms with Crippen molar-refractivity contribution in [1.82, 2.24) is 9.97 Å². The summed E-state index contributed by atoms with van der Waals surface area (Å²) in [7, 11) is 0. The van der Waals surface area contributed by atoms with Gasteiger partial charge in [0.1, 0.15) is 11.6 Å². The van der Waals surface area contributed by atoms with Crippen LogP contribution in [0.4, 0.5) is 0 Å². The predicted octanol–water partition coefficient (Wildman–Crippen LogP) is 4.19. The number of benzene rings is 2. The number of furan rings is 1. The summed E-state index contributed by atoms with van der Waals surface area (Å²) in [6.45, 7) is 0. The van der Waals surface area contributed by atoms with Gasteiger partial charge >= 0.3 is 5.97 Å². The molecule has 2 aromatic carbocycles. The minimum Gasteiger partial charge on any atom is -0.478 e. The number of hydrogen-bond donors (Lipinski definition) is 2. The van der Waals surface area contributed by atoms with Crippen molar-refractivity contribution < 1.29 is 14.3 Å². The number of nitrogens with one attached hydrogen (secondary N) is 1. The molecule has 0 saturated heterocycles. The highest BCUT2D eigenvalue weighted by atomic mass is 16.4. The Labute approximate surface area is 131 Å². The Morgan fingerprint density at radius 3 is 2.52 bits per heavy atom. The molecule has 2 aromatic heterocycles. The summed E-state index contributed by atoms with van der Waals surface area (Å²) >= 11 is 0. The van der Waals surface area contributed by atoms with Gasteiger partial charge in [0, 0.05) is 11.1 Å². The van der Waals surface area contributed by atoms with Crippen LogP contribution in [0.3, 0.4) is 0 Å². The maximum absolute atomic E-state index is 11.0. The maximum Gasteiger partial charge on any atom is 0.335 e. The SMILES string of the molecule is O=C(O)c1ccc2nc(-c3ccc(-c4ccco4)cc3)[nH]c2c1. The summed E-state index contributed by atoms with van der Waals surface area (Å²) in [4.78, 5) is 18.7. The van der Waals surface area contributed by atoms with Gasteiger partial charge in [0.15, 0.2) is 0 Å². The van der Waals surface area contributed by atoms with E-state index in [9.17, 15) is 4.79 Å². The number of nitrogens with zero attached hydrogens (tertiary/aromatic N) is 1. The average Bonchev–Trinajstić information content (AvgIpc) is 3.23. The summed E-state index contributed by atoms with van der Waals surface area (Å²) in [5.41, 5.74) is 3.59. The Bertz CT molecular complexity index is 983. The van der Waals surface area contributed by atoms with Crippen LogP contribution in [0.15, 0.2) is 65.3 Å². The van der Waals surface area contributed by atoms with Gasteiger partial charge in [0.2, 0.25) is 0 Å². The smallest absolute Gasteiger partial charge is 0.335 e. The molecule has 0 bridgehead atoms. The molecule has 0 fully saturated rings. The zero-order valence-corrected chi connectivity index (χ0v) is 12.0. The van der Waals surface area contributed by atoms with Crippen molar-refractivity contribution in [2.75, 3.05) is 0 Å². The van der Waals surface area contributed by atoms with Gasteiger partial charge in [-0.2, -0.15) is 0 Å². The van der Waals surface area contributed by atoms with Gasteiger partial charge in [-0.25, -0.2) is 9.78 Å². The second-order valence-corrected chi connectivity index (χ2v) is 5.18.